The quantitative estimate of drug-likeness (QED) is 0.696. The molecule has 72 valence electrons. The van der Waals surface area contributed by atoms with E-state index in [-0.39, 0.29) is 5.54 Å². The first-order chi connectivity index (χ1) is 6.14. The van der Waals surface area contributed by atoms with Crippen LogP contribution in [0.5, 0.6) is 0 Å². The molecule has 0 radical (unpaired) electrons. The van der Waals surface area contributed by atoms with Crippen LogP contribution < -0.4 is 10.9 Å². The van der Waals surface area contributed by atoms with Gasteiger partial charge in [0.1, 0.15) is 5.82 Å². The summed E-state index contributed by atoms with van der Waals surface area (Å²) in [5, 5.41) is 0. The number of pyridine rings is 1. The Kier molecular flexibility index (Phi) is 3.25. The highest BCUT2D eigenvalue weighted by Gasteiger charge is 2.13. The van der Waals surface area contributed by atoms with Crippen LogP contribution in [0.4, 0.5) is 5.82 Å². The van der Waals surface area contributed by atoms with E-state index < -0.39 is 0 Å². The van der Waals surface area contributed by atoms with E-state index in [2.05, 4.69) is 36.6 Å². The van der Waals surface area contributed by atoms with Gasteiger partial charge in [-0.15, -0.1) is 0 Å². The van der Waals surface area contributed by atoms with Crippen molar-refractivity contribution in [3.63, 3.8) is 0 Å². The summed E-state index contributed by atoms with van der Waals surface area (Å²) >= 11 is 0. The fraction of sp³-hybridized carbons (Fsp3) is 0.500. The summed E-state index contributed by atoms with van der Waals surface area (Å²) in [5.41, 5.74) is 6.38. The summed E-state index contributed by atoms with van der Waals surface area (Å²) in [4.78, 5) is 4.14. The van der Waals surface area contributed by atoms with Gasteiger partial charge < -0.3 is 5.43 Å². The smallest absolute Gasteiger partial charge is 0.140 e. The highest BCUT2D eigenvalue weighted by atomic mass is 15.4. The third-order valence-electron chi connectivity index (χ3n) is 2.08. The Bertz CT molecular complexity index is 244. The maximum Gasteiger partial charge on any atom is 0.140 e. The lowest BCUT2D eigenvalue weighted by atomic mass is 10.0. The highest BCUT2D eigenvalue weighted by Crippen LogP contribution is 2.07. The second kappa shape index (κ2) is 4.23. The van der Waals surface area contributed by atoms with Crippen molar-refractivity contribution in [1.29, 1.82) is 0 Å². The van der Waals surface area contributed by atoms with Crippen LogP contribution in [0.25, 0.3) is 0 Å². The maximum atomic E-state index is 4.14. The average molecular weight is 179 g/mol. The fourth-order valence-corrected chi connectivity index (χ4v) is 0.758. The van der Waals surface area contributed by atoms with Crippen LogP contribution in [0.3, 0.4) is 0 Å². The third kappa shape index (κ3) is 3.42. The second-order valence-electron chi connectivity index (χ2n) is 3.70. The molecular weight excluding hydrogens is 162 g/mol. The molecule has 0 saturated heterocycles. The normalized spacial score (nSPS) is 11.3. The molecular formula is C10H17N3. The standard InChI is InChI=1S/C10H17N3/c1-4-10(2,3)13-12-9-7-5-6-8-11-9/h5-8,13H,4H2,1-3H3,(H,11,12). The molecule has 1 heterocycles. The van der Waals surface area contributed by atoms with Crippen LogP contribution in [-0.4, -0.2) is 10.5 Å². The molecule has 13 heavy (non-hydrogen) atoms. The minimum atomic E-state index is 0.0948. The zero-order valence-electron chi connectivity index (χ0n) is 8.46. The number of nitrogens with one attached hydrogen (secondary N) is 2. The number of rotatable bonds is 4. The number of anilines is 1. The summed E-state index contributed by atoms with van der Waals surface area (Å²) in [6, 6.07) is 5.78. The van der Waals surface area contributed by atoms with E-state index >= 15 is 0 Å². The summed E-state index contributed by atoms with van der Waals surface area (Å²) in [5.74, 6) is 0.851. The molecule has 2 N–H and O–H groups in total. The van der Waals surface area contributed by atoms with Crippen LogP contribution in [0, 0.1) is 0 Å². The first kappa shape index (κ1) is 9.99. The topological polar surface area (TPSA) is 37.0 Å². The Balaban J connectivity index is 2.44. The lowest BCUT2D eigenvalue weighted by molar-refractivity contribution is 0.407. The average Bonchev–Trinajstić information content (AvgIpc) is 2.17. The number of hydrogen-bond donors (Lipinski definition) is 2. The Morgan fingerprint density at radius 2 is 2.15 bits per heavy atom. The van der Waals surface area contributed by atoms with E-state index in [4.69, 9.17) is 0 Å². The van der Waals surface area contributed by atoms with Crippen LogP contribution in [-0.2, 0) is 0 Å². The molecule has 1 aromatic rings. The first-order valence-corrected chi connectivity index (χ1v) is 4.58. The van der Waals surface area contributed by atoms with E-state index in [0.717, 1.165) is 12.2 Å². The van der Waals surface area contributed by atoms with Gasteiger partial charge in [0, 0.05) is 11.7 Å². The molecule has 0 bridgehead atoms. The van der Waals surface area contributed by atoms with Gasteiger partial charge in [-0.2, -0.15) is 0 Å². The maximum absolute atomic E-state index is 4.14. The molecule has 0 fully saturated rings. The van der Waals surface area contributed by atoms with E-state index in [1.54, 1.807) is 6.20 Å². The zero-order valence-corrected chi connectivity index (χ0v) is 8.46. The van der Waals surface area contributed by atoms with Crippen molar-refractivity contribution in [1.82, 2.24) is 10.4 Å². The van der Waals surface area contributed by atoms with Gasteiger partial charge in [-0.1, -0.05) is 13.0 Å². The molecule has 3 heteroatoms. The highest BCUT2D eigenvalue weighted by molar-refractivity contribution is 5.31. The van der Waals surface area contributed by atoms with Gasteiger partial charge in [0.2, 0.25) is 0 Å². The van der Waals surface area contributed by atoms with Crippen molar-refractivity contribution in [2.75, 3.05) is 5.43 Å². The van der Waals surface area contributed by atoms with Crippen LogP contribution in [0.15, 0.2) is 24.4 Å². The SMILES string of the molecule is CCC(C)(C)NNc1ccccn1. The van der Waals surface area contributed by atoms with Crippen LogP contribution in [0.1, 0.15) is 27.2 Å². The fourth-order valence-electron chi connectivity index (χ4n) is 0.758. The monoisotopic (exact) mass is 179 g/mol. The molecule has 0 atom stereocenters. The zero-order chi connectivity index (χ0) is 9.73. The first-order valence-electron chi connectivity index (χ1n) is 4.58. The van der Waals surface area contributed by atoms with Crippen molar-refractivity contribution in [2.45, 2.75) is 32.7 Å². The summed E-state index contributed by atoms with van der Waals surface area (Å²) in [7, 11) is 0. The van der Waals surface area contributed by atoms with Gasteiger partial charge in [0.25, 0.3) is 0 Å². The molecule has 0 aromatic carbocycles. The van der Waals surface area contributed by atoms with E-state index in [0.29, 0.717) is 0 Å². The third-order valence-corrected chi connectivity index (χ3v) is 2.08. The summed E-state index contributed by atoms with van der Waals surface area (Å²) in [6.45, 7) is 6.43. The number of hydrogen-bond acceptors (Lipinski definition) is 3. The molecule has 0 aliphatic carbocycles. The number of nitrogens with zero attached hydrogens (tertiary/aromatic N) is 1. The van der Waals surface area contributed by atoms with Gasteiger partial charge in [0.05, 0.1) is 0 Å². The van der Waals surface area contributed by atoms with Gasteiger partial charge in [-0.05, 0) is 32.4 Å². The van der Waals surface area contributed by atoms with Gasteiger partial charge in [-0.25, -0.2) is 10.4 Å². The molecule has 0 aliphatic heterocycles. The second-order valence-corrected chi connectivity index (χ2v) is 3.70. The van der Waals surface area contributed by atoms with Crippen LogP contribution >= 0.6 is 0 Å². The number of aromatic nitrogens is 1. The van der Waals surface area contributed by atoms with Crippen LogP contribution in [0.2, 0.25) is 0 Å². The summed E-state index contributed by atoms with van der Waals surface area (Å²) in [6.07, 6.45) is 2.83. The van der Waals surface area contributed by atoms with Gasteiger partial charge in [-0.3, -0.25) is 0 Å². The summed E-state index contributed by atoms with van der Waals surface area (Å²) < 4.78 is 0. The van der Waals surface area contributed by atoms with Crippen molar-refractivity contribution in [2.24, 2.45) is 0 Å². The molecule has 0 unspecified atom stereocenters. The predicted molar refractivity (Wildman–Crippen MR) is 55.4 cm³/mol. The van der Waals surface area contributed by atoms with E-state index in [1.165, 1.54) is 0 Å². The predicted octanol–water partition coefficient (Wildman–Crippen LogP) is 2.19. The Hall–Kier alpha value is -1.09. The molecule has 0 spiro atoms. The molecule has 0 amide bonds. The van der Waals surface area contributed by atoms with Crippen molar-refractivity contribution in [3.8, 4) is 0 Å². The minimum Gasteiger partial charge on any atom is -0.305 e. The lowest BCUT2D eigenvalue weighted by Gasteiger charge is -2.24. The van der Waals surface area contributed by atoms with Crippen molar-refractivity contribution < 1.29 is 0 Å². The van der Waals surface area contributed by atoms with E-state index in [1.807, 2.05) is 18.2 Å². The largest absolute Gasteiger partial charge is 0.305 e. The molecule has 0 aliphatic rings. The van der Waals surface area contributed by atoms with E-state index in [9.17, 15) is 0 Å². The molecule has 0 saturated carbocycles. The van der Waals surface area contributed by atoms with Gasteiger partial charge in [0.15, 0.2) is 0 Å². The Morgan fingerprint density at radius 3 is 2.69 bits per heavy atom. The molecule has 1 rings (SSSR count). The van der Waals surface area contributed by atoms with Crippen molar-refractivity contribution >= 4 is 5.82 Å². The Morgan fingerprint density at radius 1 is 1.38 bits per heavy atom. The molecule has 3 nitrogen and oxygen atoms in total. The lowest BCUT2D eigenvalue weighted by Crippen LogP contribution is -2.42. The Labute approximate surface area is 79.5 Å². The van der Waals surface area contributed by atoms with Gasteiger partial charge >= 0.3 is 0 Å². The minimum absolute atomic E-state index is 0.0948. The van der Waals surface area contributed by atoms with Crippen molar-refractivity contribution in [3.05, 3.63) is 24.4 Å². The molecule has 1 aromatic heterocycles. The number of hydrazine groups is 1.